The van der Waals surface area contributed by atoms with Gasteiger partial charge in [-0.3, -0.25) is 0 Å². The summed E-state index contributed by atoms with van der Waals surface area (Å²) in [6, 6.07) is 4.94. The average molecular weight is 239 g/mol. The Bertz CT molecular complexity index is 533. The van der Waals surface area contributed by atoms with Gasteiger partial charge in [-0.25, -0.2) is 4.39 Å². The summed E-state index contributed by atoms with van der Waals surface area (Å²) in [5.41, 5.74) is -2.03. The third-order valence-electron chi connectivity index (χ3n) is 1.94. The number of hydrogen-bond acceptors (Lipinski definition) is 2. The van der Waals surface area contributed by atoms with Crippen molar-refractivity contribution < 1.29 is 17.3 Å². The highest BCUT2D eigenvalue weighted by atomic mass is 19.4. The van der Waals surface area contributed by atoms with Crippen LogP contribution in [0.2, 0.25) is 0 Å². The summed E-state index contributed by atoms with van der Waals surface area (Å²) < 4.78 is 50.5. The van der Waals surface area contributed by atoms with E-state index in [1.165, 1.54) is 12.1 Å². The molecule has 0 aliphatic rings. The van der Waals surface area contributed by atoms with Gasteiger partial charge in [0, 0.05) is 0 Å². The number of hydrogen-bond donors (Lipinski definition) is 0. The smallest absolute Gasteiger partial charge is 0.445 e. The minimum Gasteiger partial charge on any atom is -0.445 e. The quantitative estimate of drug-likeness (QED) is 0.451. The summed E-state index contributed by atoms with van der Waals surface area (Å²) in [4.78, 5) is 0. The summed E-state index contributed by atoms with van der Waals surface area (Å²) in [7, 11) is 0. The molecule has 0 saturated heterocycles. The maximum Gasteiger partial charge on any atom is 0.510 e. The Kier molecular flexibility index (Phi) is 3.54. The molecule has 17 heavy (non-hydrogen) atoms. The molecule has 0 aliphatic carbocycles. The molecule has 2 nitrogen and oxygen atoms in total. The highest BCUT2D eigenvalue weighted by Gasteiger charge is 2.28. The third kappa shape index (κ3) is 3.09. The Morgan fingerprint density at radius 1 is 1.18 bits per heavy atom. The van der Waals surface area contributed by atoms with Crippen molar-refractivity contribution in [2.24, 2.45) is 0 Å². The highest BCUT2D eigenvalue weighted by molar-refractivity contribution is 6.74. The average Bonchev–Trinajstić information content (AvgIpc) is 2.26. The van der Waals surface area contributed by atoms with E-state index in [1.807, 2.05) is 0 Å². The lowest BCUT2D eigenvalue weighted by atomic mass is 9.76. The zero-order valence-electron chi connectivity index (χ0n) is 8.29. The molecule has 1 aromatic carbocycles. The van der Waals surface area contributed by atoms with Gasteiger partial charge in [0.05, 0.1) is 0 Å². The van der Waals surface area contributed by atoms with E-state index >= 15 is 0 Å². The SMILES string of the molecule is N#CC(C#N)=Cc1ccc(F)cc1[B-](F)(F)F. The summed E-state index contributed by atoms with van der Waals surface area (Å²) in [5.74, 6) is -1.02. The molecule has 0 N–H and O–H groups in total. The van der Waals surface area contributed by atoms with Crippen LogP contribution in [0.25, 0.3) is 6.08 Å². The molecule has 0 bridgehead atoms. The van der Waals surface area contributed by atoms with Crippen LogP contribution in [-0.2, 0) is 0 Å². The fraction of sp³-hybridized carbons (Fsp3) is 0. The number of benzene rings is 1. The molecule has 86 valence electrons. The maximum atomic E-state index is 12.7. The second kappa shape index (κ2) is 4.71. The molecule has 0 fully saturated rings. The number of allylic oxidation sites excluding steroid dienone is 1. The topological polar surface area (TPSA) is 47.6 Å². The lowest BCUT2D eigenvalue weighted by Gasteiger charge is -2.17. The van der Waals surface area contributed by atoms with Gasteiger partial charge in [0.25, 0.3) is 0 Å². The second-order valence-electron chi connectivity index (χ2n) is 3.13. The van der Waals surface area contributed by atoms with Crippen molar-refractivity contribution >= 4 is 18.5 Å². The van der Waals surface area contributed by atoms with Gasteiger partial charge in [-0.2, -0.15) is 10.5 Å². The first-order valence-electron chi connectivity index (χ1n) is 4.39. The van der Waals surface area contributed by atoms with Gasteiger partial charge in [-0.1, -0.05) is 23.2 Å². The molecule has 0 spiro atoms. The van der Waals surface area contributed by atoms with E-state index in [9.17, 15) is 17.3 Å². The molecular weight excluding hydrogens is 235 g/mol. The van der Waals surface area contributed by atoms with Crippen LogP contribution in [-0.4, -0.2) is 6.98 Å². The predicted octanol–water partition coefficient (Wildman–Crippen LogP) is 2.31. The van der Waals surface area contributed by atoms with E-state index in [-0.39, 0.29) is 0 Å². The second-order valence-corrected chi connectivity index (χ2v) is 3.13. The van der Waals surface area contributed by atoms with Crippen molar-refractivity contribution in [3.8, 4) is 12.1 Å². The van der Waals surface area contributed by atoms with Crippen LogP contribution in [0.4, 0.5) is 17.3 Å². The Morgan fingerprint density at radius 3 is 2.24 bits per heavy atom. The van der Waals surface area contributed by atoms with Gasteiger partial charge in [0.2, 0.25) is 0 Å². The summed E-state index contributed by atoms with van der Waals surface area (Å²) in [5, 5.41) is 16.9. The van der Waals surface area contributed by atoms with E-state index < -0.39 is 29.4 Å². The van der Waals surface area contributed by atoms with E-state index in [0.29, 0.717) is 6.07 Å². The summed E-state index contributed by atoms with van der Waals surface area (Å²) in [6.07, 6.45) is 0.782. The molecular formula is C10H4BF4N2-. The van der Waals surface area contributed by atoms with E-state index in [0.717, 1.165) is 18.2 Å². The molecule has 0 aliphatic heterocycles. The van der Waals surface area contributed by atoms with Crippen molar-refractivity contribution in [2.45, 2.75) is 0 Å². The minimum absolute atomic E-state index is 0.345. The van der Waals surface area contributed by atoms with E-state index in [1.54, 1.807) is 0 Å². The largest absolute Gasteiger partial charge is 0.510 e. The van der Waals surface area contributed by atoms with Crippen molar-refractivity contribution in [1.82, 2.24) is 0 Å². The van der Waals surface area contributed by atoms with E-state index in [2.05, 4.69) is 0 Å². The minimum atomic E-state index is -5.40. The standard InChI is InChI=1S/C10H4BF4N2/c12-9-2-1-8(3-7(5-16)6-17)10(4-9)11(13,14)15/h1-4H/q-1. The van der Waals surface area contributed by atoms with Crippen LogP contribution in [0, 0.1) is 28.5 Å². The normalized spacial score (nSPS) is 10.2. The van der Waals surface area contributed by atoms with Crippen LogP contribution in [0.15, 0.2) is 23.8 Å². The van der Waals surface area contributed by atoms with Crippen LogP contribution >= 0.6 is 0 Å². The molecule has 1 aromatic rings. The Hall–Kier alpha value is -2.28. The molecule has 0 aromatic heterocycles. The number of halogens is 4. The molecule has 0 saturated carbocycles. The lowest BCUT2D eigenvalue weighted by molar-refractivity contribution is 0.500. The van der Waals surface area contributed by atoms with Gasteiger partial charge in [-0.15, -0.1) is 0 Å². The van der Waals surface area contributed by atoms with Crippen LogP contribution in [0.1, 0.15) is 5.56 Å². The van der Waals surface area contributed by atoms with Gasteiger partial charge in [-0.05, 0) is 12.1 Å². The highest BCUT2D eigenvalue weighted by Crippen LogP contribution is 2.15. The van der Waals surface area contributed by atoms with E-state index in [4.69, 9.17) is 10.5 Å². The summed E-state index contributed by atoms with van der Waals surface area (Å²) >= 11 is 0. The molecule has 1 rings (SSSR count). The van der Waals surface area contributed by atoms with Crippen molar-refractivity contribution in [2.75, 3.05) is 0 Å². The molecule has 0 amide bonds. The number of nitrogens with zero attached hydrogens (tertiary/aromatic N) is 2. The Morgan fingerprint density at radius 2 is 1.76 bits per heavy atom. The molecule has 0 radical (unpaired) electrons. The van der Waals surface area contributed by atoms with Crippen molar-refractivity contribution in [3.63, 3.8) is 0 Å². The maximum absolute atomic E-state index is 12.7. The van der Waals surface area contributed by atoms with Crippen molar-refractivity contribution in [1.29, 1.82) is 10.5 Å². The zero-order chi connectivity index (χ0) is 13.1. The van der Waals surface area contributed by atoms with Gasteiger partial charge in [0.15, 0.2) is 0 Å². The summed E-state index contributed by atoms with van der Waals surface area (Å²) in [6.45, 7) is -5.40. The first kappa shape index (κ1) is 12.8. The van der Waals surface area contributed by atoms with Crippen molar-refractivity contribution in [3.05, 3.63) is 35.2 Å². The Balaban J connectivity index is 3.42. The van der Waals surface area contributed by atoms with Crippen LogP contribution < -0.4 is 5.46 Å². The van der Waals surface area contributed by atoms with Gasteiger partial charge < -0.3 is 12.9 Å². The monoisotopic (exact) mass is 239 g/mol. The Labute approximate surface area is 94.5 Å². The zero-order valence-corrected chi connectivity index (χ0v) is 8.29. The number of rotatable bonds is 2. The first-order chi connectivity index (χ1) is 7.88. The molecule has 0 heterocycles. The first-order valence-corrected chi connectivity index (χ1v) is 4.39. The molecule has 0 unspecified atom stereocenters. The fourth-order valence-electron chi connectivity index (χ4n) is 1.21. The van der Waals surface area contributed by atoms with Gasteiger partial charge >= 0.3 is 6.98 Å². The molecule has 7 heteroatoms. The van der Waals surface area contributed by atoms with Crippen LogP contribution in [0.3, 0.4) is 0 Å². The van der Waals surface area contributed by atoms with Crippen LogP contribution in [0.5, 0.6) is 0 Å². The number of nitriles is 2. The molecule has 0 atom stereocenters. The predicted molar refractivity (Wildman–Crippen MR) is 54.3 cm³/mol. The fourth-order valence-corrected chi connectivity index (χ4v) is 1.21. The van der Waals surface area contributed by atoms with Gasteiger partial charge in [0.1, 0.15) is 23.5 Å². The lowest BCUT2D eigenvalue weighted by Crippen LogP contribution is -2.36. The third-order valence-corrected chi connectivity index (χ3v) is 1.94.